The SMILES string of the molecule is COc1ccc(CN2C(=O)N(c3cccc(Cl)c3)C(=O)[C@H]2CC(=O)Nc2ccc(F)cc2)cc1. The number of amides is 4. The molecular weight excluding hydrogens is 461 g/mol. The molecular formula is C25H21ClFN3O4. The molecule has 1 aliphatic heterocycles. The Morgan fingerprint density at radius 1 is 1.06 bits per heavy atom. The Bertz CT molecular complexity index is 1220. The maximum atomic E-state index is 13.3. The number of hydrogen-bond donors (Lipinski definition) is 1. The van der Waals surface area contributed by atoms with Crippen molar-refractivity contribution in [1.29, 1.82) is 0 Å². The summed E-state index contributed by atoms with van der Waals surface area (Å²) in [5.74, 6) is -0.791. The molecule has 1 saturated heterocycles. The molecule has 3 aromatic carbocycles. The minimum atomic E-state index is -1.03. The van der Waals surface area contributed by atoms with Crippen molar-refractivity contribution in [2.24, 2.45) is 0 Å². The average Bonchev–Trinajstić information content (AvgIpc) is 3.05. The lowest BCUT2D eigenvalue weighted by Gasteiger charge is -2.22. The van der Waals surface area contributed by atoms with Crippen LogP contribution in [0.1, 0.15) is 12.0 Å². The van der Waals surface area contributed by atoms with E-state index in [2.05, 4.69) is 5.32 Å². The third kappa shape index (κ3) is 5.02. The third-order valence-corrected chi connectivity index (χ3v) is 5.64. The van der Waals surface area contributed by atoms with Crippen LogP contribution in [0.25, 0.3) is 0 Å². The van der Waals surface area contributed by atoms with Gasteiger partial charge in [0.05, 0.1) is 19.2 Å². The molecule has 34 heavy (non-hydrogen) atoms. The van der Waals surface area contributed by atoms with E-state index in [-0.39, 0.29) is 13.0 Å². The molecule has 174 valence electrons. The molecule has 0 aromatic heterocycles. The highest BCUT2D eigenvalue weighted by atomic mass is 35.5. The molecule has 1 heterocycles. The van der Waals surface area contributed by atoms with Crippen molar-refractivity contribution in [3.8, 4) is 5.75 Å². The van der Waals surface area contributed by atoms with Gasteiger partial charge in [0.2, 0.25) is 5.91 Å². The fraction of sp³-hybridized carbons (Fsp3) is 0.160. The second-order valence-corrected chi connectivity index (χ2v) is 8.12. The van der Waals surface area contributed by atoms with E-state index in [9.17, 15) is 18.8 Å². The molecule has 1 aliphatic rings. The topological polar surface area (TPSA) is 79.0 Å². The fourth-order valence-electron chi connectivity index (χ4n) is 3.72. The monoisotopic (exact) mass is 481 g/mol. The lowest BCUT2D eigenvalue weighted by molar-refractivity contribution is -0.124. The first-order chi connectivity index (χ1) is 16.4. The number of rotatable bonds is 7. The van der Waals surface area contributed by atoms with Crippen LogP contribution in [0.2, 0.25) is 5.02 Å². The Balaban J connectivity index is 1.60. The summed E-state index contributed by atoms with van der Waals surface area (Å²) in [5.41, 5.74) is 1.47. The van der Waals surface area contributed by atoms with Gasteiger partial charge < -0.3 is 15.0 Å². The maximum Gasteiger partial charge on any atom is 0.332 e. The second-order valence-electron chi connectivity index (χ2n) is 7.69. The van der Waals surface area contributed by atoms with Gasteiger partial charge in [-0.3, -0.25) is 9.59 Å². The molecule has 1 N–H and O–H groups in total. The Hall–Kier alpha value is -3.91. The lowest BCUT2D eigenvalue weighted by Crippen LogP contribution is -2.37. The van der Waals surface area contributed by atoms with Crippen LogP contribution < -0.4 is 15.0 Å². The first-order valence-corrected chi connectivity index (χ1v) is 10.8. The molecule has 3 aromatic rings. The number of carbonyl (C=O) groups is 3. The Morgan fingerprint density at radius 2 is 1.76 bits per heavy atom. The van der Waals surface area contributed by atoms with E-state index in [0.717, 1.165) is 10.5 Å². The Kier molecular flexibility index (Phi) is 6.79. The van der Waals surface area contributed by atoms with Crippen molar-refractivity contribution in [2.45, 2.75) is 19.0 Å². The summed E-state index contributed by atoms with van der Waals surface area (Å²) in [5, 5.41) is 3.02. The normalized spacial score (nSPS) is 15.6. The van der Waals surface area contributed by atoms with Crippen molar-refractivity contribution in [3.05, 3.63) is 89.2 Å². The molecule has 0 aliphatic carbocycles. The van der Waals surface area contributed by atoms with Crippen molar-refractivity contribution in [2.75, 3.05) is 17.3 Å². The van der Waals surface area contributed by atoms with Gasteiger partial charge in [0.1, 0.15) is 17.6 Å². The van der Waals surface area contributed by atoms with Gasteiger partial charge in [-0.2, -0.15) is 0 Å². The lowest BCUT2D eigenvalue weighted by atomic mass is 10.1. The molecule has 4 rings (SSSR count). The predicted molar refractivity (Wildman–Crippen MR) is 126 cm³/mol. The number of anilines is 2. The van der Waals surface area contributed by atoms with Crippen LogP contribution in [0.4, 0.5) is 20.6 Å². The number of nitrogens with one attached hydrogen (secondary N) is 1. The second kappa shape index (κ2) is 9.93. The third-order valence-electron chi connectivity index (χ3n) is 5.40. The van der Waals surface area contributed by atoms with E-state index in [1.54, 1.807) is 49.6 Å². The van der Waals surface area contributed by atoms with Crippen LogP contribution in [0.15, 0.2) is 72.8 Å². The first kappa shape index (κ1) is 23.3. The number of imide groups is 1. The van der Waals surface area contributed by atoms with Gasteiger partial charge in [-0.1, -0.05) is 29.8 Å². The smallest absolute Gasteiger partial charge is 0.332 e. The zero-order valence-corrected chi connectivity index (χ0v) is 19.0. The van der Waals surface area contributed by atoms with Gasteiger partial charge in [-0.05, 0) is 60.2 Å². The quantitative estimate of drug-likeness (QED) is 0.489. The maximum absolute atomic E-state index is 13.3. The minimum absolute atomic E-state index is 0.111. The molecule has 0 bridgehead atoms. The number of urea groups is 1. The summed E-state index contributed by atoms with van der Waals surface area (Å²) < 4.78 is 18.3. The van der Waals surface area contributed by atoms with E-state index in [0.29, 0.717) is 22.1 Å². The fourth-order valence-corrected chi connectivity index (χ4v) is 3.90. The molecule has 0 saturated carbocycles. The van der Waals surface area contributed by atoms with Crippen LogP contribution in [-0.2, 0) is 16.1 Å². The summed E-state index contributed by atoms with van der Waals surface area (Å²) in [6, 6.07) is 17.2. The number of benzene rings is 3. The summed E-state index contributed by atoms with van der Waals surface area (Å²) in [6.07, 6.45) is -0.269. The minimum Gasteiger partial charge on any atom is -0.497 e. The number of carbonyl (C=O) groups excluding carboxylic acids is 3. The summed E-state index contributed by atoms with van der Waals surface area (Å²) >= 11 is 6.07. The molecule has 1 fully saturated rings. The first-order valence-electron chi connectivity index (χ1n) is 10.4. The number of hydrogen-bond acceptors (Lipinski definition) is 4. The van der Waals surface area contributed by atoms with Crippen LogP contribution in [0, 0.1) is 5.82 Å². The van der Waals surface area contributed by atoms with E-state index < -0.39 is 29.7 Å². The molecule has 0 radical (unpaired) electrons. The average molecular weight is 482 g/mol. The van der Waals surface area contributed by atoms with Crippen molar-refractivity contribution in [1.82, 2.24) is 4.90 Å². The van der Waals surface area contributed by atoms with Gasteiger partial charge >= 0.3 is 6.03 Å². The molecule has 7 nitrogen and oxygen atoms in total. The Morgan fingerprint density at radius 3 is 2.41 bits per heavy atom. The summed E-state index contributed by atoms with van der Waals surface area (Å²) in [6.45, 7) is 0.111. The summed E-state index contributed by atoms with van der Waals surface area (Å²) in [7, 11) is 1.55. The van der Waals surface area contributed by atoms with E-state index in [1.165, 1.54) is 35.2 Å². The van der Waals surface area contributed by atoms with Crippen LogP contribution in [0.5, 0.6) is 5.75 Å². The number of methoxy groups -OCH3 is 1. The summed E-state index contributed by atoms with van der Waals surface area (Å²) in [4.78, 5) is 41.8. The zero-order valence-electron chi connectivity index (χ0n) is 18.2. The highest BCUT2D eigenvalue weighted by Crippen LogP contribution is 2.30. The van der Waals surface area contributed by atoms with Crippen molar-refractivity contribution < 1.29 is 23.5 Å². The van der Waals surface area contributed by atoms with Crippen LogP contribution in [0.3, 0.4) is 0 Å². The van der Waals surface area contributed by atoms with Gasteiger partial charge in [0, 0.05) is 17.3 Å². The number of halogens is 2. The van der Waals surface area contributed by atoms with Crippen LogP contribution in [-0.4, -0.2) is 35.9 Å². The zero-order chi connectivity index (χ0) is 24.2. The van der Waals surface area contributed by atoms with Crippen molar-refractivity contribution >= 4 is 40.8 Å². The van der Waals surface area contributed by atoms with Gasteiger partial charge in [0.15, 0.2) is 0 Å². The Labute approximate surface area is 200 Å². The standard InChI is InChI=1S/C25H21ClFN3O4/c1-34-21-11-5-16(6-12-21)15-29-22(14-23(31)28-19-9-7-18(27)8-10-19)24(32)30(25(29)33)20-4-2-3-17(26)13-20/h2-13,22H,14-15H2,1H3,(H,28,31)/t22-/m1/s1. The molecule has 1 atom stereocenters. The molecule has 9 heteroatoms. The van der Waals surface area contributed by atoms with E-state index in [1.807, 2.05) is 0 Å². The van der Waals surface area contributed by atoms with Gasteiger partial charge in [-0.15, -0.1) is 0 Å². The van der Waals surface area contributed by atoms with E-state index >= 15 is 0 Å². The van der Waals surface area contributed by atoms with Gasteiger partial charge in [0.25, 0.3) is 5.91 Å². The largest absolute Gasteiger partial charge is 0.497 e. The van der Waals surface area contributed by atoms with Crippen molar-refractivity contribution in [3.63, 3.8) is 0 Å². The van der Waals surface area contributed by atoms with Gasteiger partial charge in [-0.25, -0.2) is 14.1 Å². The number of nitrogens with zero attached hydrogens (tertiary/aromatic N) is 2. The highest BCUT2D eigenvalue weighted by Gasteiger charge is 2.46. The molecule has 0 unspecified atom stereocenters. The molecule has 4 amide bonds. The molecule has 0 spiro atoms. The number of ether oxygens (including phenoxy) is 1. The predicted octanol–water partition coefficient (Wildman–Crippen LogP) is 4.85. The highest BCUT2D eigenvalue weighted by molar-refractivity contribution is 6.31. The van der Waals surface area contributed by atoms with Crippen LogP contribution >= 0.6 is 11.6 Å². The van der Waals surface area contributed by atoms with E-state index in [4.69, 9.17) is 16.3 Å².